The second kappa shape index (κ2) is 8.52. The topological polar surface area (TPSA) is 64.4 Å². The molecule has 0 spiro atoms. The van der Waals surface area contributed by atoms with Crippen LogP contribution < -0.4 is 14.8 Å². The van der Waals surface area contributed by atoms with Crippen LogP contribution in [0.3, 0.4) is 0 Å². The lowest BCUT2D eigenvalue weighted by molar-refractivity contribution is 0.0550. The highest BCUT2D eigenvalue weighted by Gasteiger charge is 2.38. The number of likely N-dealkylation sites (tertiary alicyclic amines) is 1. The molecule has 0 aliphatic carbocycles. The minimum atomic E-state index is -2.46. The molecule has 0 saturated carbocycles. The molecule has 0 amide bonds. The van der Waals surface area contributed by atoms with Crippen LogP contribution in [0.4, 0.5) is 14.7 Å². The molecule has 4 rings (SSSR count). The van der Waals surface area contributed by atoms with E-state index in [1.54, 1.807) is 14.2 Å². The van der Waals surface area contributed by atoms with Gasteiger partial charge in [0.25, 0.3) is 6.43 Å². The first-order valence-corrected chi connectivity index (χ1v) is 9.96. The quantitative estimate of drug-likeness (QED) is 0.794. The maximum absolute atomic E-state index is 13.6. The Balaban J connectivity index is 1.47. The van der Waals surface area contributed by atoms with Crippen molar-refractivity contribution < 1.29 is 18.3 Å². The van der Waals surface area contributed by atoms with Crippen LogP contribution in [0, 0.1) is 5.92 Å². The van der Waals surface area contributed by atoms with E-state index in [1.165, 1.54) is 11.0 Å². The van der Waals surface area contributed by atoms with Gasteiger partial charge in [-0.25, -0.2) is 13.5 Å². The Morgan fingerprint density at radius 2 is 2.14 bits per heavy atom. The van der Waals surface area contributed by atoms with Gasteiger partial charge in [-0.2, -0.15) is 10.1 Å². The lowest BCUT2D eigenvalue weighted by Gasteiger charge is -2.40. The Bertz CT molecular complexity index is 831. The van der Waals surface area contributed by atoms with Crippen LogP contribution in [-0.2, 0) is 6.54 Å². The Morgan fingerprint density at radius 3 is 2.90 bits per heavy atom. The smallest absolute Gasteiger partial charge is 0.260 e. The Kier molecular flexibility index (Phi) is 5.84. The highest BCUT2D eigenvalue weighted by molar-refractivity contribution is 5.40. The average molecular weight is 407 g/mol. The highest BCUT2D eigenvalue weighted by Crippen LogP contribution is 2.35. The summed E-state index contributed by atoms with van der Waals surface area (Å²) in [7, 11) is 3.31. The predicted octanol–water partition coefficient (Wildman–Crippen LogP) is 3.20. The number of hydrogen-bond donors (Lipinski definition) is 1. The Hall–Kier alpha value is -2.42. The summed E-state index contributed by atoms with van der Waals surface area (Å²) in [6, 6.07) is 4.83. The first-order valence-electron chi connectivity index (χ1n) is 9.96. The number of rotatable bonds is 6. The number of benzene rings is 1. The van der Waals surface area contributed by atoms with Crippen LogP contribution >= 0.6 is 0 Å². The first kappa shape index (κ1) is 19.9. The van der Waals surface area contributed by atoms with Crippen molar-refractivity contribution in [3.8, 4) is 11.5 Å². The molecule has 2 aliphatic rings. The molecular weight excluding hydrogens is 380 g/mol. The number of piperidine rings is 1. The van der Waals surface area contributed by atoms with Crippen LogP contribution in [0.15, 0.2) is 24.5 Å². The fourth-order valence-corrected chi connectivity index (χ4v) is 4.51. The second-order valence-electron chi connectivity index (χ2n) is 7.73. The molecule has 9 heteroatoms. The molecule has 2 aliphatic heterocycles. The van der Waals surface area contributed by atoms with Crippen LogP contribution in [0.2, 0.25) is 0 Å². The zero-order chi connectivity index (χ0) is 20.4. The van der Waals surface area contributed by atoms with E-state index in [0.717, 1.165) is 49.5 Å². The molecule has 3 heterocycles. The highest BCUT2D eigenvalue weighted by atomic mass is 19.3. The van der Waals surface area contributed by atoms with E-state index >= 15 is 0 Å². The summed E-state index contributed by atoms with van der Waals surface area (Å²) >= 11 is 0. The maximum Gasteiger partial charge on any atom is 0.260 e. The minimum Gasteiger partial charge on any atom is -0.497 e. The summed E-state index contributed by atoms with van der Waals surface area (Å²) in [6.45, 7) is 2.54. The van der Waals surface area contributed by atoms with Crippen molar-refractivity contribution in [3.05, 3.63) is 30.1 Å². The molecule has 1 aromatic heterocycles. The van der Waals surface area contributed by atoms with Crippen molar-refractivity contribution in [1.29, 1.82) is 0 Å². The van der Waals surface area contributed by atoms with E-state index < -0.39 is 12.5 Å². The molecule has 0 radical (unpaired) electrons. The molecule has 0 bridgehead atoms. The van der Waals surface area contributed by atoms with Crippen molar-refractivity contribution in [2.75, 3.05) is 32.6 Å². The lowest BCUT2D eigenvalue weighted by Crippen LogP contribution is -2.46. The summed E-state index contributed by atoms with van der Waals surface area (Å²) in [6.07, 6.45) is 1.27. The van der Waals surface area contributed by atoms with E-state index in [1.807, 2.05) is 18.2 Å². The average Bonchev–Trinajstić information content (AvgIpc) is 3.21. The number of alkyl halides is 2. The van der Waals surface area contributed by atoms with E-state index in [-0.39, 0.29) is 12.0 Å². The molecule has 158 valence electrons. The summed E-state index contributed by atoms with van der Waals surface area (Å²) < 4.78 is 39.3. The van der Waals surface area contributed by atoms with Gasteiger partial charge in [-0.15, -0.1) is 0 Å². The third kappa shape index (κ3) is 4.14. The molecule has 1 saturated heterocycles. The van der Waals surface area contributed by atoms with Crippen LogP contribution in [0.1, 0.15) is 30.9 Å². The first-order chi connectivity index (χ1) is 14.1. The van der Waals surface area contributed by atoms with Gasteiger partial charge in [0.05, 0.1) is 14.2 Å². The van der Waals surface area contributed by atoms with Crippen molar-refractivity contribution in [2.24, 2.45) is 5.92 Å². The molecule has 0 unspecified atom stereocenters. The normalized spacial score (nSPS) is 24.8. The van der Waals surface area contributed by atoms with E-state index in [2.05, 4.69) is 20.3 Å². The van der Waals surface area contributed by atoms with Crippen molar-refractivity contribution >= 4 is 5.95 Å². The van der Waals surface area contributed by atoms with Gasteiger partial charge < -0.3 is 14.8 Å². The van der Waals surface area contributed by atoms with E-state index in [4.69, 9.17) is 9.47 Å². The Morgan fingerprint density at radius 1 is 1.28 bits per heavy atom. The summed E-state index contributed by atoms with van der Waals surface area (Å²) in [5.41, 5.74) is 1.06. The predicted molar refractivity (Wildman–Crippen MR) is 105 cm³/mol. The molecule has 2 aromatic rings. The number of aromatic nitrogens is 3. The fourth-order valence-electron chi connectivity index (χ4n) is 4.51. The molecule has 7 nitrogen and oxygen atoms in total. The zero-order valence-corrected chi connectivity index (χ0v) is 16.7. The summed E-state index contributed by atoms with van der Waals surface area (Å²) in [5, 5.41) is 7.31. The maximum atomic E-state index is 13.6. The van der Waals surface area contributed by atoms with E-state index in [9.17, 15) is 8.78 Å². The summed E-state index contributed by atoms with van der Waals surface area (Å²) in [4.78, 5) is 6.49. The third-order valence-electron chi connectivity index (χ3n) is 5.98. The SMILES string of the molecule is COc1ccc(OC)c(CN2CCC[C@@H]([C@@H]3C[C@H](C(F)F)n4ncnc4N3)C2)c1. The van der Waals surface area contributed by atoms with Gasteiger partial charge in [-0.1, -0.05) is 0 Å². The zero-order valence-electron chi connectivity index (χ0n) is 16.7. The van der Waals surface area contributed by atoms with Gasteiger partial charge in [-0.05, 0) is 49.9 Å². The molecule has 1 fully saturated rings. The lowest BCUT2D eigenvalue weighted by atomic mass is 9.86. The number of anilines is 1. The minimum absolute atomic E-state index is 0.0410. The number of methoxy groups -OCH3 is 2. The second-order valence-corrected chi connectivity index (χ2v) is 7.73. The van der Waals surface area contributed by atoms with Crippen LogP contribution in [0.25, 0.3) is 0 Å². The Labute approximate surface area is 169 Å². The fraction of sp³-hybridized carbons (Fsp3) is 0.600. The number of fused-ring (bicyclic) bond motifs is 1. The molecule has 1 aromatic carbocycles. The number of halogens is 2. The van der Waals surface area contributed by atoms with Gasteiger partial charge >= 0.3 is 0 Å². The molecule has 3 atom stereocenters. The van der Waals surface area contributed by atoms with Crippen LogP contribution in [0.5, 0.6) is 11.5 Å². The van der Waals surface area contributed by atoms with Gasteiger partial charge in [0.1, 0.15) is 23.9 Å². The van der Waals surface area contributed by atoms with Gasteiger partial charge in [0.2, 0.25) is 5.95 Å². The number of ether oxygens (including phenoxy) is 2. The number of hydrogen-bond acceptors (Lipinski definition) is 6. The van der Waals surface area contributed by atoms with Crippen molar-refractivity contribution in [2.45, 2.75) is 44.3 Å². The molecule has 29 heavy (non-hydrogen) atoms. The van der Waals surface area contributed by atoms with Crippen molar-refractivity contribution in [1.82, 2.24) is 19.7 Å². The van der Waals surface area contributed by atoms with Gasteiger partial charge in [0.15, 0.2) is 0 Å². The van der Waals surface area contributed by atoms with E-state index in [0.29, 0.717) is 12.4 Å². The number of nitrogens with one attached hydrogen (secondary N) is 1. The third-order valence-corrected chi connectivity index (χ3v) is 5.98. The number of nitrogens with zero attached hydrogens (tertiary/aromatic N) is 4. The molecular formula is C20H27F2N5O2. The van der Waals surface area contributed by atoms with Gasteiger partial charge in [0, 0.05) is 24.7 Å². The largest absolute Gasteiger partial charge is 0.497 e. The molecule has 1 N–H and O–H groups in total. The summed E-state index contributed by atoms with van der Waals surface area (Å²) in [5.74, 6) is 2.34. The monoisotopic (exact) mass is 407 g/mol. The van der Waals surface area contributed by atoms with Crippen LogP contribution in [-0.4, -0.2) is 59.4 Å². The standard InChI is InChI=1S/C20H27F2N5O2/c1-28-15-5-6-18(29-2)14(8-15)11-26-7-3-4-13(10-26)16-9-17(19(21)22)27-20(25-16)23-12-24-27/h5-6,8,12-13,16-17,19H,3-4,7,9-11H2,1-2H3,(H,23,24,25)/t13-,16+,17-/m1/s1. The van der Waals surface area contributed by atoms with Gasteiger partial charge in [-0.3, -0.25) is 4.90 Å². The van der Waals surface area contributed by atoms with Crippen molar-refractivity contribution in [3.63, 3.8) is 0 Å².